The van der Waals surface area contributed by atoms with Gasteiger partial charge in [-0.1, -0.05) is 6.92 Å². The maximum Gasteiger partial charge on any atom is 0.339 e. The predicted molar refractivity (Wildman–Crippen MR) is 76.0 cm³/mol. The molecule has 6 nitrogen and oxygen atoms in total. The Morgan fingerprint density at radius 1 is 1.55 bits per heavy atom. The molecule has 2 aromatic rings. The lowest BCUT2D eigenvalue weighted by molar-refractivity contribution is 0.0697. The number of nitrogens with one attached hydrogen (secondary N) is 1. The number of aromatic carboxylic acids is 1. The highest BCUT2D eigenvalue weighted by Gasteiger charge is 2.37. The van der Waals surface area contributed by atoms with Gasteiger partial charge in [0, 0.05) is 19.8 Å². The zero-order chi connectivity index (χ0) is 14.5. The van der Waals surface area contributed by atoms with Crippen molar-refractivity contribution in [3.05, 3.63) is 17.5 Å². The van der Waals surface area contributed by atoms with Gasteiger partial charge in [0.1, 0.15) is 5.56 Å². The molecule has 0 amide bonds. The molecule has 106 valence electrons. The summed E-state index contributed by atoms with van der Waals surface area (Å²) < 4.78 is 1.68. The second kappa shape index (κ2) is 4.19. The van der Waals surface area contributed by atoms with Gasteiger partial charge >= 0.3 is 5.97 Å². The Hall–Kier alpha value is -2.11. The number of hydrogen-bond acceptors (Lipinski definition) is 4. The lowest BCUT2D eigenvalue weighted by Crippen LogP contribution is -2.15. The first-order valence-electron chi connectivity index (χ1n) is 6.71. The topological polar surface area (TPSA) is 80.0 Å². The molecule has 1 fully saturated rings. The van der Waals surface area contributed by atoms with Crippen molar-refractivity contribution in [3.8, 4) is 0 Å². The van der Waals surface area contributed by atoms with E-state index in [1.807, 2.05) is 14.0 Å². The van der Waals surface area contributed by atoms with Crippen LogP contribution in [0.5, 0.6) is 0 Å². The van der Waals surface area contributed by atoms with Crippen molar-refractivity contribution in [2.24, 2.45) is 12.5 Å². The number of aryl methyl sites for hydroxylation is 2. The summed E-state index contributed by atoms with van der Waals surface area (Å²) in [6, 6.07) is 0. The molecule has 1 saturated carbocycles. The number of hydrogen-bond donors (Lipinski definition) is 2. The lowest BCUT2D eigenvalue weighted by atomic mass is 10.1. The van der Waals surface area contributed by atoms with Crippen LogP contribution in [-0.2, 0) is 7.05 Å². The van der Waals surface area contributed by atoms with Gasteiger partial charge in [-0.15, -0.1) is 0 Å². The Kier molecular flexibility index (Phi) is 2.70. The standard InChI is InChI=1S/C14H18N4O2/c1-8-10-11(16-7-14(2)4-5-14)9(13(19)20)6-15-12(10)18(3)17-8/h6H,4-5,7H2,1-3H3,(H,15,16)(H,19,20). The number of rotatable bonds is 4. The van der Waals surface area contributed by atoms with Crippen LogP contribution in [0.3, 0.4) is 0 Å². The molecule has 20 heavy (non-hydrogen) atoms. The van der Waals surface area contributed by atoms with Crippen LogP contribution < -0.4 is 5.32 Å². The number of fused-ring (bicyclic) bond motifs is 1. The van der Waals surface area contributed by atoms with Gasteiger partial charge in [0.25, 0.3) is 0 Å². The van der Waals surface area contributed by atoms with Crippen LogP contribution in [-0.4, -0.2) is 32.4 Å². The van der Waals surface area contributed by atoms with E-state index in [0.717, 1.165) is 17.6 Å². The Bertz CT molecular complexity index is 701. The van der Waals surface area contributed by atoms with Crippen molar-refractivity contribution in [2.45, 2.75) is 26.7 Å². The highest BCUT2D eigenvalue weighted by atomic mass is 16.4. The largest absolute Gasteiger partial charge is 0.478 e. The van der Waals surface area contributed by atoms with Crippen molar-refractivity contribution in [2.75, 3.05) is 11.9 Å². The zero-order valence-electron chi connectivity index (χ0n) is 11.9. The molecular weight excluding hydrogens is 256 g/mol. The van der Waals surface area contributed by atoms with Gasteiger partial charge in [0.2, 0.25) is 0 Å². The molecule has 2 aromatic heterocycles. The maximum absolute atomic E-state index is 11.4. The number of carbonyl (C=O) groups is 1. The Morgan fingerprint density at radius 3 is 2.85 bits per heavy atom. The molecule has 2 N–H and O–H groups in total. The molecule has 0 spiro atoms. The summed E-state index contributed by atoms with van der Waals surface area (Å²) in [6.45, 7) is 4.86. The van der Waals surface area contributed by atoms with E-state index in [2.05, 4.69) is 22.3 Å². The first-order chi connectivity index (χ1) is 9.41. The van der Waals surface area contributed by atoms with Crippen LogP contribution >= 0.6 is 0 Å². The predicted octanol–water partition coefficient (Wildman–Crippen LogP) is 2.19. The molecule has 0 aliphatic heterocycles. The van der Waals surface area contributed by atoms with Gasteiger partial charge in [0.05, 0.1) is 16.8 Å². The van der Waals surface area contributed by atoms with Gasteiger partial charge in [-0.2, -0.15) is 5.10 Å². The van der Waals surface area contributed by atoms with E-state index >= 15 is 0 Å². The second-order valence-electron chi connectivity index (χ2n) is 5.92. The molecule has 0 bridgehead atoms. The highest BCUT2D eigenvalue weighted by molar-refractivity contribution is 6.04. The van der Waals surface area contributed by atoms with Crippen molar-refractivity contribution < 1.29 is 9.90 Å². The summed E-state index contributed by atoms with van der Waals surface area (Å²) in [5, 5.41) is 17.8. The van der Waals surface area contributed by atoms with Crippen LogP contribution in [0, 0.1) is 12.3 Å². The second-order valence-corrected chi connectivity index (χ2v) is 5.92. The molecule has 1 aliphatic rings. The summed E-state index contributed by atoms with van der Waals surface area (Å²) in [4.78, 5) is 15.6. The van der Waals surface area contributed by atoms with Crippen molar-refractivity contribution in [1.82, 2.24) is 14.8 Å². The molecule has 0 saturated heterocycles. The molecule has 0 atom stereocenters. The number of nitrogens with zero attached hydrogens (tertiary/aromatic N) is 3. The molecule has 0 aromatic carbocycles. The molecular formula is C14H18N4O2. The number of anilines is 1. The van der Waals surface area contributed by atoms with E-state index in [4.69, 9.17) is 0 Å². The van der Waals surface area contributed by atoms with E-state index in [1.54, 1.807) is 4.68 Å². The minimum Gasteiger partial charge on any atom is -0.478 e. The SMILES string of the molecule is Cc1nn(C)c2ncc(C(=O)O)c(NCC3(C)CC3)c12. The number of carboxylic acids is 1. The number of pyridine rings is 1. The third kappa shape index (κ3) is 2.01. The Balaban J connectivity index is 2.12. The van der Waals surface area contributed by atoms with Crippen LogP contribution in [0.4, 0.5) is 5.69 Å². The fourth-order valence-corrected chi connectivity index (χ4v) is 2.45. The van der Waals surface area contributed by atoms with E-state index in [0.29, 0.717) is 16.7 Å². The molecule has 2 heterocycles. The smallest absolute Gasteiger partial charge is 0.339 e. The van der Waals surface area contributed by atoms with Crippen molar-refractivity contribution in [1.29, 1.82) is 0 Å². The van der Waals surface area contributed by atoms with Gasteiger partial charge in [-0.25, -0.2) is 9.78 Å². The maximum atomic E-state index is 11.4. The Labute approximate surface area is 116 Å². The summed E-state index contributed by atoms with van der Waals surface area (Å²) >= 11 is 0. The minimum absolute atomic E-state index is 0.206. The molecule has 0 unspecified atom stereocenters. The lowest BCUT2D eigenvalue weighted by Gasteiger charge is -2.14. The fourth-order valence-electron chi connectivity index (χ4n) is 2.45. The zero-order valence-corrected chi connectivity index (χ0v) is 11.9. The van der Waals surface area contributed by atoms with Gasteiger partial charge in [0.15, 0.2) is 5.65 Å². The monoisotopic (exact) mass is 274 g/mol. The first kappa shape index (κ1) is 12.9. The number of carboxylic acid groups (broad SMARTS) is 1. The van der Waals surface area contributed by atoms with E-state index in [-0.39, 0.29) is 5.56 Å². The fraction of sp³-hybridized carbons (Fsp3) is 0.500. The Morgan fingerprint density at radius 2 is 2.25 bits per heavy atom. The minimum atomic E-state index is -0.967. The van der Waals surface area contributed by atoms with Crippen LogP contribution in [0.2, 0.25) is 0 Å². The molecule has 0 radical (unpaired) electrons. The van der Waals surface area contributed by atoms with Gasteiger partial charge < -0.3 is 10.4 Å². The van der Waals surface area contributed by atoms with E-state index in [1.165, 1.54) is 19.0 Å². The van der Waals surface area contributed by atoms with Gasteiger partial charge in [-0.05, 0) is 25.2 Å². The average molecular weight is 274 g/mol. The summed E-state index contributed by atoms with van der Waals surface area (Å²) in [7, 11) is 1.81. The van der Waals surface area contributed by atoms with E-state index in [9.17, 15) is 9.90 Å². The molecule has 1 aliphatic carbocycles. The quantitative estimate of drug-likeness (QED) is 0.893. The normalized spacial score (nSPS) is 16.4. The summed E-state index contributed by atoms with van der Waals surface area (Å²) in [5.74, 6) is -0.967. The number of aromatic nitrogens is 3. The summed E-state index contributed by atoms with van der Waals surface area (Å²) in [6.07, 6.45) is 3.77. The third-order valence-corrected chi connectivity index (χ3v) is 4.05. The van der Waals surface area contributed by atoms with Crippen LogP contribution in [0.15, 0.2) is 6.20 Å². The third-order valence-electron chi connectivity index (χ3n) is 4.05. The van der Waals surface area contributed by atoms with Crippen LogP contribution in [0.1, 0.15) is 35.8 Å². The molecule has 6 heteroatoms. The average Bonchev–Trinajstić information content (AvgIpc) is 3.05. The van der Waals surface area contributed by atoms with Crippen LogP contribution in [0.25, 0.3) is 11.0 Å². The van der Waals surface area contributed by atoms with E-state index < -0.39 is 5.97 Å². The van der Waals surface area contributed by atoms with Crippen molar-refractivity contribution in [3.63, 3.8) is 0 Å². The highest BCUT2D eigenvalue weighted by Crippen LogP contribution is 2.45. The summed E-state index contributed by atoms with van der Waals surface area (Å²) in [5.41, 5.74) is 2.64. The molecule has 3 rings (SSSR count). The first-order valence-corrected chi connectivity index (χ1v) is 6.71. The van der Waals surface area contributed by atoms with Gasteiger partial charge in [-0.3, -0.25) is 4.68 Å². The van der Waals surface area contributed by atoms with Crippen molar-refractivity contribution >= 4 is 22.7 Å².